The van der Waals surface area contributed by atoms with E-state index in [-0.39, 0.29) is 0 Å². The Kier molecular flexibility index (Phi) is 4.51. The van der Waals surface area contributed by atoms with E-state index >= 15 is 0 Å². The normalized spacial score (nSPS) is 10.5. The first-order chi connectivity index (χ1) is 8.31. The molecule has 17 heavy (non-hydrogen) atoms. The molecule has 0 aliphatic carbocycles. The van der Waals surface area contributed by atoms with Crippen molar-refractivity contribution in [1.82, 2.24) is 0 Å². The molecule has 0 aliphatic heterocycles. The molecule has 0 spiro atoms. The second-order valence-electron chi connectivity index (χ2n) is 3.80. The highest BCUT2D eigenvalue weighted by Gasteiger charge is 1.98. The van der Waals surface area contributed by atoms with E-state index in [0.717, 1.165) is 13.0 Å². The Morgan fingerprint density at radius 2 is 1.76 bits per heavy atom. The largest absolute Gasteiger partial charge is 0.380 e. The molecule has 1 aromatic heterocycles. The van der Waals surface area contributed by atoms with Gasteiger partial charge < -0.3 is 5.32 Å². The number of thioether (sulfide) groups is 1. The SMILES string of the molecule is CCc1ccc(CNc2ccc(SC)cc2)s1. The lowest BCUT2D eigenvalue weighted by atomic mass is 10.3. The van der Waals surface area contributed by atoms with E-state index < -0.39 is 0 Å². The maximum atomic E-state index is 3.45. The first-order valence-corrected chi connectivity index (χ1v) is 7.81. The molecular formula is C14H17NS2. The highest BCUT2D eigenvalue weighted by molar-refractivity contribution is 7.98. The van der Waals surface area contributed by atoms with Crippen LogP contribution >= 0.6 is 23.1 Å². The van der Waals surface area contributed by atoms with Crippen molar-refractivity contribution in [3.63, 3.8) is 0 Å². The molecule has 0 atom stereocenters. The lowest BCUT2D eigenvalue weighted by Crippen LogP contribution is -1.96. The minimum atomic E-state index is 0.920. The van der Waals surface area contributed by atoms with Crippen molar-refractivity contribution in [3.05, 3.63) is 46.2 Å². The van der Waals surface area contributed by atoms with E-state index in [0.29, 0.717) is 0 Å². The quantitative estimate of drug-likeness (QED) is 0.788. The number of rotatable bonds is 5. The lowest BCUT2D eigenvalue weighted by Gasteiger charge is -2.05. The topological polar surface area (TPSA) is 12.0 Å². The van der Waals surface area contributed by atoms with Crippen molar-refractivity contribution in [1.29, 1.82) is 0 Å². The molecule has 0 fully saturated rings. The van der Waals surface area contributed by atoms with Gasteiger partial charge in [-0.2, -0.15) is 0 Å². The van der Waals surface area contributed by atoms with Gasteiger partial charge in [0, 0.05) is 26.9 Å². The van der Waals surface area contributed by atoms with Crippen LogP contribution in [0, 0.1) is 0 Å². The number of anilines is 1. The third-order valence-electron chi connectivity index (χ3n) is 2.62. The highest BCUT2D eigenvalue weighted by Crippen LogP contribution is 2.20. The van der Waals surface area contributed by atoms with E-state index in [1.165, 1.54) is 20.3 Å². The van der Waals surface area contributed by atoms with Crippen LogP contribution in [0.25, 0.3) is 0 Å². The molecule has 1 nitrogen and oxygen atoms in total. The van der Waals surface area contributed by atoms with Gasteiger partial charge in [0.2, 0.25) is 0 Å². The Balaban J connectivity index is 1.92. The second kappa shape index (κ2) is 6.12. The molecule has 1 N–H and O–H groups in total. The third-order valence-corrected chi connectivity index (χ3v) is 4.60. The van der Waals surface area contributed by atoms with Crippen LogP contribution < -0.4 is 5.32 Å². The average Bonchev–Trinajstić information content (AvgIpc) is 2.85. The number of benzene rings is 1. The molecule has 2 aromatic rings. The average molecular weight is 263 g/mol. The van der Waals surface area contributed by atoms with Crippen LogP contribution in [0.3, 0.4) is 0 Å². The van der Waals surface area contributed by atoms with Gasteiger partial charge in [-0.15, -0.1) is 23.1 Å². The summed E-state index contributed by atoms with van der Waals surface area (Å²) in [6.07, 6.45) is 3.23. The molecule has 3 heteroatoms. The number of hydrogen-bond acceptors (Lipinski definition) is 3. The van der Waals surface area contributed by atoms with Gasteiger partial charge in [0.1, 0.15) is 0 Å². The number of nitrogens with one attached hydrogen (secondary N) is 1. The van der Waals surface area contributed by atoms with Gasteiger partial charge >= 0.3 is 0 Å². The fraction of sp³-hybridized carbons (Fsp3) is 0.286. The third kappa shape index (κ3) is 3.51. The Morgan fingerprint density at radius 1 is 1.06 bits per heavy atom. The molecule has 0 radical (unpaired) electrons. The Morgan fingerprint density at radius 3 is 2.35 bits per heavy atom. The predicted octanol–water partition coefficient (Wildman–Crippen LogP) is 4.64. The summed E-state index contributed by atoms with van der Waals surface area (Å²) in [6, 6.07) is 13.0. The van der Waals surface area contributed by atoms with Crippen molar-refractivity contribution >= 4 is 28.8 Å². The fourth-order valence-electron chi connectivity index (χ4n) is 1.61. The maximum absolute atomic E-state index is 3.45. The van der Waals surface area contributed by atoms with Gasteiger partial charge in [-0.1, -0.05) is 6.92 Å². The van der Waals surface area contributed by atoms with E-state index in [9.17, 15) is 0 Å². The smallest absolute Gasteiger partial charge is 0.0494 e. The molecular weight excluding hydrogens is 246 g/mol. The molecule has 0 saturated carbocycles. The molecule has 0 amide bonds. The van der Waals surface area contributed by atoms with E-state index in [2.05, 4.69) is 54.9 Å². The Bertz CT molecular complexity index is 459. The van der Waals surface area contributed by atoms with Gasteiger partial charge in [0.05, 0.1) is 0 Å². The molecule has 0 aliphatic rings. The molecule has 0 saturated heterocycles. The first kappa shape index (κ1) is 12.5. The monoisotopic (exact) mass is 263 g/mol. The van der Waals surface area contributed by atoms with Crippen LogP contribution in [0.2, 0.25) is 0 Å². The van der Waals surface area contributed by atoms with Crippen LogP contribution in [0.1, 0.15) is 16.7 Å². The van der Waals surface area contributed by atoms with E-state index in [4.69, 9.17) is 0 Å². The Hall–Kier alpha value is -0.930. The standard InChI is InChI=1S/C14H17NS2/c1-3-12-8-9-14(17-12)10-15-11-4-6-13(16-2)7-5-11/h4-9,15H,3,10H2,1-2H3. The van der Waals surface area contributed by atoms with Gasteiger partial charge in [0.25, 0.3) is 0 Å². The Labute approximate surface area is 111 Å². The summed E-state index contributed by atoms with van der Waals surface area (Å²) < 4.78 is 0. The predicted molar refractivity (Wildman–Crippen MR) is 79.2 cm³/mol. The zero-order valence-corrected chi connectivity index (χ0v) is 11.8. The van der Waals surface area contributed by atoms with E-state index in [1.54, 1.807) is 11.8 Å². The van der Waals surface area contributed by atoms with Crippen molar-refractivity contribution in [2.24, 2.45) is 0 Å². The second-order valence-corrected chi connectivity index (χ2v) is 5.94. The van der Waals surface area contributed by atoms with Crippen molar-refractivity contribution in [3.8, 4) is 0 Å². The van der Waals surface area contributed by atoms with E-state index in [1.807, 2.05) is 11.3 Å². The maximum Gasteiger partial charge on any atom is 0.0494 e. The number of hydrogen-bond donors (Lipinski definition) is 1. The zero-order valence-electron chi connectivity index (χ0n) is 10.2. The lowest BCUT2D eigenvalue weighted by molar-refractivity contribution is 1.19. The summed E-state index contributed by atoms with van der Waals surface area (Å²) in [6.45, 7) is 3.12. The van der Waals surface area contributed by atoms with Crippen molar-refractivity contribution < 1.29 is 0 Å². The zero-order chi connectivity index (χ0) is 12.1. The number of thiophene rings is 1. The molecule has 90 valence electrons. The summed E-state index contributed by atoms with van der Waals surface area (Å²) >= 11 is 3.67. The van der Waals surface area contributed by atoms with Crippen LogP contribution in [-0.2, 0) is 13.0 Å². The van der Waals surface area contributed by atoms with Crippen LogP contribution in [0.5, 0.6) is 0 Å². The highest BCUT2D eigenvalue weighted by atomic mass is 32.2. The van der Waals surface area contributed by atoms with Gasteiger partial charge in [-0.3, -0.25) is 0 Å². The van der Waals surface area contributed by atoms with Crippen molar-refractivity contribution in [2.45, 2.75) is 24.8 Å². The molecule has 0 bridgehead atoms. The summed E-state index contributed by atoms with van der Waals surface area (Å²) in [5.74, 6) is 0. The summed E-state index contributed by atoms with van der Waals surface area (Å²) in [5.41, 5.74) is 1.19. The first-order valence-electron chi connectivity index (χ1n) is 5.77. The van der Waals surface area contributed by atoms with Crippen LogP contribution in [0.4, 0.5) is 5.69 Å². The fourth-order valence-corrected chi connectivity index (χ4v) is 2.91. The summed E-state index contributed by atoms with van der Waals surface area (Å²) in [4.78, 5) is 4.16. The molecule has 2 rings (SSSR count). The summed E-state index contributed by atoms with van der Waals surface area (Å²) in [7, 11) is 0. The van der Waals surface area contributed by atoms with Gasteiger partial charge in [-0.25, -0.2) is 0 Å². The summed E-state index contributed by atoms with van der Waals surface area (Å²) in [5, 5.41) is 3.45. The molecule has 1 aromatic carbocycles. The minimum absolute atomic E-state index is 0.920. The van der Waals surface area contributed by atoms with Crippen LogP contribution in [-0.4, -0.2) is 6.26 Å². The van der Waals surface area contributed by atoms with Crippen molar-refractivity contribution in [2.75, 3.05) is 11.6 Å². The molecule has 1 heterocycles. The molecule has 0 unspecified atom stereocenters. The number of aryl methyl sites for hydroxylation is 1. The van der Waals surface area contributed by atoms with Crippen LogP contribution in [0.15, 0.2) is 41.3 Å². The van der Waals surface area contributed by atoms with Gasteiger partial charge in [-0.05, 0) is 49.1 Å². The minimum Gasteiger partial charge on any atom is -0.380 e. The van der Waals surface area contributed by atoms with Gasteiger partial charge in [0.15, 0.2) is 0 Å².